The number of hydrogen-bond acceptors (Lipinski definition) is 3. The zero-order valence-corrected chi connectivity index (χ0v) is 8.82. The van der Waals surface area contributed by atoms with Crippen LogP contribution in [-0.4, -0.2) is 54.3 Å². The molecular weight excluding hydrogens is 194 g/mol. The number of carbonyl (C=O) groups excluding carboxylic acids is 2. The minimum atomic E-state index is -0.330. The summed E-state index contributed by atoms with van der Waals surface area (Å²) >= 11 is 0. The van der Waals surface area contributed by atoms with Gasteiger partial charge in [-0.15, -0.1) is 0 Å². The zero-order valence-electron chi connectivity index (χ0n) is 8.82. The lowest BCUT2D eigenvalue weighted by atomic mass is 10.3. The lowest BCUT2D eigenvalue weighted by Crippen LogP contribution is -2.50. The average Bonchev–Trinajstić information content (AvgIpc) is 2.18. The Morgan fingerprint density at radius 3 is 2.33 bits per heavy atom. The molecule has 0 aliphatic carbocycles. The second-order valence-electron chi connectivity index (χ2n) is 3.41. The summed E-state index contributed by atoms with van der Waals surface area (Å²) in [5.74, 6) is 4.60. The van der Waals surface area contributed by atoms with E-state index in [0.29, 0.717) is 26.2 Å². The largest absolute Gasteiger partial charge is 0.369 e. The molecule has 0 radical (unpaired) electrons. The molecule has 0 bridgehead atoms. The summed E-state index contributed by atoms with van der Waals surface area (Å²) in [6.07, 6.45) is 0. The Labute approximate surface area is 89.2 Å². The van der Waals surface area contributed by atoms with Gasteiger partial charge in [-0.3, -0.25) is 14.5 Å². The van der Waals surface area contributed by atoms with E-state index in [-0.39, 0.29) is 18.4 Å². The van der Waals surface area contributed by atoms with E-state index < -0.39 is 0 Å². The Balaban J connectivity index is 2.37. The molecule has 0 atom stereocenters. The summed E-state index contributed by atoms with van der Waals surface area (Å²) in [4.78, 5) is 25.7. The Morgan fingerprint density at radius 2 is 1.87 bits per heavy atom. The van der Waals surface area contributed by atoms with Crippen LogP contribution in [0.4, 0.5) is 0 Å². The minimum absolute atomic E-state index is 0.142. The van der Waals surface area contributed by atoms with Crippen molar-refractivity contribution in [3.05, 3.63) is 0 Å². The molecule has 0 aromatic heterocycles. The molecule has 5 heteroatoms. The highest BCUT2D eigenvalue weighted by Gasteiger charge is 2.20. The molecule has 1 rings (SSSR count). The van der Waals surface area contributed by atoms with Gasteiger partial charge in [0, 0.05) is 26.2 Å². The number of rotatable bonds is 2. The van der Waals surface area contributed by atoms with Crippen molar-refractivity contribution in [1.82, 2.24) is 9.80 Å². The van der Waals surface area contributed by atoms with Gasteiger partial charge in [0.15, 0.2) is 0 Å². The van der Waals surface area contributed by atoms with Gasteiger partial charge in [-0.1, -0.05) is 5.92 Å². The molecule has 1 aliphatic rings. The first-order chi connectivity index (χ1) is 7.13. The Bertz CT molecular complexity index is 308. The third-order valence-electron chi connectivity index (χ3n) is 2.27. The van der Waals surface area contributed by atoms with Crippen LogP contribution >= 0.6 is 0 Å². The number of nitrogens with zero attached hydrogens (tertiary/aromatic N) is 2. The van der Waals surface area contributed by atoms with Crippen LogP contribution in [-0.2, 0) is 9.59 Å². The summed E-state index contributed by atoms with van der Waals surface area (Å²) in [7, 11) is 0. The van der Waals surface area contributed by atoms with E-state index in [4.69, 9.17) is 5.73 Å². The highest BCUT2D eigenvalue weighted by atomic mass is 16.2. The number of nitrogens with two attached hydrogens (primary N) is 1. The molecule has 1 fully saturated rings. The van der Waals surface area contributed by atoms with Crippen molar-refractivity contribution in [3.8, 4) is 11.8 Å². The van der Waals surface area contributed by atoms with Gasteiger partial charge in [0.1, 0.15) is 0 Å². The number of primary amides is 1. The summed E-state index contributed by atoms with van der Waals surface area (Å²) < 4.78 is 0. The molecule has 0 unspecified atom stereocenters. The van der Waals surface area contributed by atoms with Crippen LogP contribution in [0.1, 0.15) is 6.92 Å². The molecule has 2 N–H and O–H groups in total. The number of carbonyl (C=O) groups is 2. The predicted molar refractivity (Wildman–Crippen MR) is 55.7 cm³/mol. The van der Waals surface area contributed by atoms with Crippen LogP contribution in [0.2, 0.25) is 0 Å². The van der Waals surface area contributed by atoms with Crippen LogP contribution in [0.5, 0.6) is 0 Å². The number of amides is 2. The second kappa shape index (κ2) is 5.37. The molecule has 82 valence electrons. The van der Waals surface area contributed by atoms with Crippen LogP contribution in [0.3, 0.4) is 0 Å². The maximum absolute atomic E-state index is 11.4. The maximum Gasteiger partial charge on any atom is 0.298 e. The average molecular weight is 209 g/mol. The molecule has 15 heavy (non-hydrogen) atoms. The highest BCUT2D eigenvalue weighted by Crippen LogP contribution is 2.00. The van der Waals surface area contributed by atoms with Crippen LogP contribution < -0.4 is 5.73 Å². The fourth-order valence-electron chi connectivity index (χ4n) is 1.52. The molecule has 1 saturated heterocycles. The van der Waals surface area contributed by atoms with Gasteiger partial charge in [0.25, 0.3) is 5.91 Å². The van der Waals surface area contributed by atoms with E-state index in [0.717, 1.165) is 0 Å². The van der Waals surface area contributed by atoms with Crippen LogP contribution in [0.25, 0.3) is 0 Å². The number of hydrogen-bond donors (Lipinski definition) is 1. The summed E-state index contributed by atoms with van der Waals surface area (Å²) in [6, 6.07) is 0. The molecule has 0 aromatic carbocycles. The van der Waals surface area contributed by atoms with Crippen LogP contribution in [0, 0.1) is 11.8 Å². The molecule has 1 aliphatic heterocycles. The quantitative estimate of drug-likeness (QED) is 0.571. The topological polar surface area (TPSA) is 66.6 Å². The van der Waals surface area contributed by atoms with Gasteiger partial charge in [-0.2, -0.15) is 0 Å². The van der Waals surface area contributed by atoms with E-state index >= 15 is 0 Å². The number of piperazine rings is 1. The Kier molecular flexibility index (Phi) is 4.13. The van der Waals surface area contributed by atoms with Gasteiger partial charge in [-0.05, 0) is 12.8 Å². The molecule has 0 saturated carbocycles. The van der Waals surface area contributed by atoms with Gasteiger partial charge in [0.2, 0.25) is 5.91 Å². The third-order valence-corrected chi connectivity index (χ3v) is 2.27. The first-order valence-corrected chi connectivity index (χ1v) is 4.86. The molecule has 0 aromatic rings. The third kappa shape index (κ3) is 3.60. The van der Waals surface area contributed by atoms with Crippen molar-refractivity contribution >= 4 is 11.8 Å². The SMILES string of the molecule is CC#CC(=O)N1CCN(CC(N)=O)CC1. The first kappa shape index (κ1) is 11.5. The highest BCUT2D eigenvalue weighted by molar-refractivity contribution is 5.93. The van der Waals surface area contributed by atoms with E-state index in [1.54, 1.807) is 11.8 Å². The molecule has 5 nitrogen and oxygen atoms in total. The van der Waals surface area contributed by atoms with Gasteiger partial charge in [0.05, 0.1) is 6.54 Å². The predicted octanol–water partition coefficient (Wildman–Crippen LogP) is -1.36. The Hall–Kier alpha value is -1.54. The van der Waals surface area contributed by atoms with Crippen molar-refractivity contribution < 1.29 is 9.59 Å². The molecule has 1 heterocycles. The van der Waals surface area contributed by atoms with Gasteiger partial charge in [-0.25, -0.2) is 0 Å². The fourth-order valence-corrected chi connectivity index (χ4v) is 1.52. The monoisotopic (exact) mass is 209 g/mol. The summed E-state index contributed by atoms with van der Waals surface area (Å²) in [5.41, 5.74) is 5.08. The fraction of sp³-hybridized carbons (Fsp3) is 0.600. The first-order valence-electron chi connectivity index (χ1n) is 4.86. The molecule has 0 spiro atoms. The minimum Gasteiger partial charge on any atom is -0.369 e. The standard InChI is InChI=1S/C10H15N3O2/c1-2-3-10(15)13-6-4-12(5-7-13)8-9(11)14/h4-8H2,1H3,(H2,11,14). The maximum atomic E-state index is 11.4. The van der Waals surface area contributed by atoms with Gasteiger partial charge < -0.3 is 10.6 Å². The van der Waals surface area contributed by atoms with Crippen molar-refractivity contribution in [2.75, 3.05) is 32.7 Å². The molecular formula is C10H15N3O2. The van der Waals surface area contributed by atoms with Crippen LogP contribution in [0.15, 0.2) is 0 Å². The van der Waals surface area contributed by atoms with Crippen molar-refractivity contribution in [3.63, 3.8) is 0 Å². The second-order valence-corrected chi connectivity index (χ2v) is 3.41. The lowest BCUT2D eigenvalue weighted by molar-refractivity contribution is -0.127. The Morgan fingerprint density at radius 1 is 1.27 bits per heavy atom. The summed E-state index contributed by atoms with van der Waals surface area (Å²) in [5, 5.41) is 0. The van der Waals surface area contributed by atoms with E-state index in [1.807, 2.05) is 4.90 Å². The van der Waals surface area contributed by atoms with Crippen molar-refractivity contribution in [1.29, 1.82) is 0 Å². The smallest absolute Gasteiger partial charge is 0.298 e. The lowest BCUT2D eigenvalue weighted by Gasteiger charge is -2.32. The summed E-state index contributed by atoms with van der Waals surface area (Å²) in [6.45, 7) is 4.49. The zero-order chi connectivity index (χ0) is 11.3. The van der Waals surface area contributed by atoms with E-state index in [1.165, 1.54) is 0 Å². The van der Waals surface area contributed by atoms with E-state index in [9.17, 15) is 9.59 Å². The van der Waals surface area contributed by atoms with Crippen molar-refractivity contribution in [2.45, 2.75) is 6.92 Å². The van der Waals surface area contributed by atoms with Gasteiger partial charge >= 0.3 is 0 Å². The van der Waals surface area contributed by atoms with E-state index in [2.05, 4.69) is 11.8 Å². The normalized spacial score (nSPS) is 16.7. The van der Waals surface area contributed by atoms with Crippen molar-refractivity contribution in [2.24, 2.45) is 5.73 Å². The molecule has 2 amide bonds.